The van der Waals surface area contributed by atoms with E-state index in [0.29, 0.717) is 12.4 Å². The van der Waals surface area contributed by atoms with Gasteiger partial charge in [0.25, 0.3) is 0 Å². The van der Waals surface area contributed by atoms with Gasteiger partial charge in [-0.1, -0.05) is 11.8 Å². The van der Waals surface area contributed by atoms with Crippen LogP contribution in [0.3, 0.4) is 0 Å². The zero-order chi connectivity index (χ0) is 15.2. The molecule has 6 nitrogen and oxygen atoms in total. The number of hydrogen-bond acceptors (Lipinski definition) is 5. The van der Waals surface area contributed by atoms with E-state index in [9.17, 15) is 4.79 Å². The second-order valence-corrected chi connectivity index (χ2v) is 5.33. The average Bonchev–Trinajstić information content (AvgIpc) is 2.79. The average molecular weight is 306 g/mol. The first kappa shape index (κ1) is 15.4. The number of nitrogens with one attached hydrogen (secondary N) is 1. The van der Waals surface area contributed by atoms with Gasteiger partial charge < -0.3 is 14.6 Å². The largest absolute Gasteiger partial charge is 0.494 e. The van der Waals surface area contributed by atoms with Crippen molar-refractivity contribution in [2.24, 2.45) is 7.05 Å². The lowest BCUT2D eigenvalue weighted by Crippen LogP contribution is -2.14. The van der Waals surface area contributed by atoms with E-state index < -0.39 is 0 Å². The fraction of sp³-hybridized carbons (Fsp3) is 0.357. The molecule has 0 radical (unpaired) electrons. The van der Waals surface area contributed by atoms with Crippen molar-refractivity contribution in [1.82, 2.24) is 14.8 Å². The lowest BCUT2D eigenvalue weighted by molar-refractivity contribution is -0.113. The van der Waals surface area contributed by atoms with E-state index in [4.69, 9.17) is 4.74 Å². The van der Waals surface area contributed by atoms with Crippen molar-refractivity contribution in [3.63, 3.8) is 0 Å². The summed E-state index contributed by atoms with van der Waals surface area (Å²) in [6.07, 6.45) is 0. The van der Waals surface area contributed by atoms with Crippen LogP contribution in [0.15, 0.2) is 29.4 Å². The molecule has 0 atom stereocenters. The first-order valence-electron chi connectivity index (χ1n) is 6.61. The van der Waals surface area contributed by atoms with Gasteiger partial charge >= 0.3 is 0 Å². The van der Waals surface area contributed by atoms with Crippen molar-refractivity contribution in [1.29, 1.82) is 0 Å². The highest BCUT2D eigenvalue weighted by atomic mass is 32.2. The van der Waals surface area contributed by atoms with E-state index >= 15 is 0 Å². The predicted octanol–water partition coefficient (Wildman–Crippen LogP) is 2.25. The molecule has 0 saturated heterocycles. The molecule has 21 heavy (non-hydrogen) atoms. The Balaban J connectivity index is 1.85. The summed E-state index contributed by atoms with van der Waals surface area (Å²) in [7, 11) is 1.88. The van der Waals surface area contributed by atoms with Crippen molar-refractivity contribution >= 4 is 23.4 Å². The zero-order valence-corrected chi connectivity index (χ0v) is 13.1. The maximum atomic E-state index is 11.9. The van der Waals surface area contributed by atoms with Crippen molar-refractivity contribution < 1.29 is 9.53 Å². The number of nitrogens with zero attached hydrogens (tertiary/aromatic N) is 3. The van der Waals surface area contributed by atoms with Gasteiger partial charge in [0.2, 0.25) is 5.91 Å². The maximum Gasteiger partial charge on any atom is 0.234 e. The lowest BCUT2D eigenvalue weighted by Gasteiger charge is -2.07. The zero-order valence-electron chi connectivity index (χ0n) is 12.3. The number of amides is 1. The van der Waals surface area contributed by atoms with Crippen molar-refractivity contribution in [3.8, 4) is 5.75 Å². The standard InChI is InChI=1S/C14H18N4O2S/c1-4-20-12-7-5-11(6-8-12)15-13(19)9-21-14-17-16-10(2)18(14)3/h5-8H,4,9H2,1-3H3,(H,15,19). The lowest BCUT2D eigenvalue weighted by atomic mass is 10.3. The highest BCUT2D eigenvalue weighted by Gasteiger charge is 2.09. The summed E-state index contributed by atoms with van der Waals surface area (Å²) in [6.45, 7) is 4.43. The maximum absolute atomic E-state index is 11.9. The van der Waals surface area contributed by atoms with Gasteiger partial charge in [-0.05, 0) is 38.1 Å². The summed E-state index contributed by atoms with van der Waals surface area (Å²) in [5.41, 5.74) is 0.748. The number of rotatable bonds is 6. The van der Waals surface area contributed by atoms with Crippen molar-refractivity contribution in [2.45, 2.75) is 19.0 Å². The number of benzene rings is 1. The summed E-state index contributed by atoms with van der Waals surface area (Å²) >= 11 is 1.36. The summed E-state index contributed by atoms with van der Waals surface area (Å²) in [4.78, 5) is 11.9. The van der Waals surface area contributed by atoms with E-state index in [2.05, 4.69) is 15.5 Å². The fourth-order valence-corrected chi connectivity index (χ4v) is 2.40. The molecule has 0 aliphatic heterocycles. The van der Waals surface area contributed by atoms with Gasteiger partial charge in [-0.25, -0.2) is 0 Å². The molecule has 1 N–H and O–H groups in total. The number of anilines is 1. The Morgan fingerprint density at radius 1 is 1.33 bits per heavy atom. The Hall–Kier alpha value is -2.02. The molecule has 0 aliphatic carbocycles. The smallest absolute Gasteiger partial charge is 0.234 e. The summed E-state index contributed by atoms with van der Waals surface area (Å²) < 4.78 is 7.21. The van der Waals surface area contributed by atoms with Gasteiger partial charge in [0.05, 0.1) is 12.4 Å². The van der Waals surface area contributed by atoms with Crippen LogP contribution in [0.25, 0.3) is 0 Å². The minimum Gasteiger partial charge on any atom is -0.494 e. The second kappa shape index (κ2) is 7.12. The molecule has 112 valence electrons. The van der Waals surface area contributed by atoms with E-state index in [-0.39, 0.29) is 5.91 Å². The third kappa shape index (κ3) is 4.22. The number of hydrogen-bond donors (Lipinski definition) is 1. The Kier molecular flexibility index (Phi) is 5.21. The molecule has 1 aromatic heterocycles. The highest BCUT2D eigenvalue weighted by molar-refractivity contribution is 7.99. The molecule has 0 fully saturated rings. The summed E-state index contributed by atoms with van der Waals surface area (Å²) in [6, 6.07) is 7.30. The topological polar surface area (TPSA) is 69.0 Å². The molecular weight excluding hydrogens is 288 g/mol. The number of aromatic nitrogens is 3. The van der Waals surface area contributed by atoms with Crippen molar-refractivity contribution in [2.75, 3.05) is 17.7 Å². The minimum atomic E-state index is -0.0789. The summed E-state index contributed by atoms with van der Waals surface area (Å²) in [5.74, 6) is 1.83. The quantitative estimate of drug-likeness (QED) is 0.829. The van der Waals surface area contributed by atoms with Gasteiger partial charge in [0.1, 0.15) is 11.6 Å². The van der Waals surface area contributed by atoms with Crippen LogP contribution in [0.5, 0.6) is 5.75 Å². The Bertz CT molecular complexity index is 610. The highest BCUT2D eigenvalue weighted by Crippen LogP contribution is 2.18. The summed E-state index contributed by atoms with van der Waals surface area (Å²) in [5, 5.41) is 11.5. The Morgan fingerprint density at radius 3 is 2.62 bits per heavy atom. The monoisotopic (exact) mass is 306 g/mol. The molecule has 1 amide bonds. The second-order valence-electron chi connectivity index (χ2n) is 4.38. The van der Waals surface area contributed by atoms with E-state index in [1.807, 2.05) is 49.7 Å². The van der Waals surface area contributed by atoms with Crippen LogP contribution in [0, 0.1) is 6.92 Å². The van der Waals surface area contributed by atoms with Crippen molar-refractivity contribution in [3.05, 3.63) is 30.1 Å². The van der Waals surface area contributed by atoms with Crippen LogP contribution >= 0.6 is 11.8 Å². The third-order valence-electron chi connectivity index (χ3n) is 2.83. The van der Waals surface area contributed by atoms with Crippen LogP contribution in [-0.2, 0) is 11.8 Å². The van der Waals surface area contributed by atoms with Gasteiger partial charge in [0.15, 0.2) is 5.16 Å². The molecule has 0 bridgehead atoms. The predicted molar refractivity (Wildman–Crippen MR) is 82.7 cm³/mol. The Morgan fingerprint density at radius 2 is 2.05 bits per heavy atom. The van der Waals surface area contributed by atoms with Gasteiger partial charge in [-0.2, -0.15) is 0 Å². The molecule has 0 unspecified atom stereocenters. The Labute approximate surface area is 127 Å². The molecule has 7 heteroatoms. The van der Waals surface area contributed by atoms with Crippen LogP contribution < -0.4 is 10.1 Å². The van der Waals surface area contributed by atoms with Crippen LogP contribution in [-0.4, -0.2) is 33.0 Å². The van der Waals surface area contributed by atoms with E-state index in [0.717, 1.165) is 22.4 Å². The number of aryl methyl sites for hydroxylation is 1. The normalized spacial score (nSPS) is 10.4. The third-order valence-corrected chi connectivity index (χ3v) is 3.85. The van der Waals surface area contributed by atoms with Gasteiger partial charge in [0, 0.05) is 12.7 Å². The van der Waals surface area contributed by atoms with Crippen LogP contribution in [0.2, 0.25) is 0 Å². The van der Waals surface area contributed by atoms with E-state index in [1.165, 1.54) is 11.8 Å². The van der Waals surface area contributed by atoms with Gasteiger partial charge in [-0.15, -0.1) is 10.2 Å². The molecular formula is C14H18N4O2S. The first-order valence-corrected chi connectivity index (χ1v) is 7.60. The molecule has 0 saturated carbocycles. The molecule has 1 heterocycles. The SMILES string of the molecule is CCOc1ccc(NC(=O)CSc2nnc(C)n2C)cc1. The molecule has 1 aromatic carbocycles. The van der Waals surface area contributed by atoms with Crippen LogP contribution in [0.1, 0.15) is 12.7 Å². The minimum absolute atomic E-state index is 0.0789. The number of carbonyl (C=O) groups excluding carboxylic acids is 1. The molecule has 2 aromatic rings. The number of ether oxygens (including phenoxy) is 1. The van der Waals surface area contributed by atoms with E-state index in [1.54, 1.807) is 0 Å². The molecule has 2 rings (SSSR count). The fourth-order valence-electron chi connectivity index (χ4n) is 1.64. The first-order chi connectivity index (χ1) is 10.1. The molecule has 0 aliphatic rings. The van der Waals surface area contributed by atoms with Gasteiger partial charge in [-0.3, -0.25) is 4.79 Å². The molecule has 0 spiro atoms. The van der Waals surface area contributed by atoms with Crippen LogP contribution in [0.4, 0.5) is 5.69 Å². The number of thioether (sulfide) groups is 1. The number of carbonyl (C=O) groups is 1.